The highest BCUT2D eigenvalue weighted by atomic mass is 32.2. The van der Waals surface area contributed by atoms with E-state index in [9.17, 15) is 13.2 Å². The molecule has 4 nitrogen and oxygen atoms in total. The van der Waals surface area contributed by atoms with E-state index in [-0.39, 0.29) is 5.75 Å². The van der Waals surface area contributed by atoms with E-state index in [0.29, 0.717) is 11.8 Å². The Balaban J connectivity index is 2.87. The van der Waals surface area contributed by atoms with Crippen molar-refractivity contribution in [1.29, 1.82) is 0 Å². The van der Waals surface area contributed by atoms with Crippen molar-refractivity contribution in [3.63, 3.8) is 0 Å². The number of carbonyl (C=O) groups excluding carboxylic acids is 1. The summed E-state index contributed by atoms with van der Waals surface area (Å²) >= 11 is 0. The van der Waals surface area contributed by atoms with Crippen molar-refractivity contribution in [3.05, 3.63) is 29.8 Å². The first kappa shape index (κ1) is 9.73. The molecule has 0 saturated heterocycles. The Morgan fingerprint density at radius 2 is 1.77 bits per heavy atom. The van der Waals surface area contributed by atoms with Crippen LogP contribution in [0, 0.1) is 0 Å². The second-order valence-electron chi connectivity index (χ2n) is 2.47. The molecule has 0 fully saturated rings. The third-order valence-electron chi connectivity index (χ3n) is 1.26. The average Bonchev–Trinajstić information content (AvgIpc) is 2.03. The van der Waals surface area contributed by atoms with E-state index in [2.05, 4.69) is 4.18 Å². The van der Waals surface area contributed by atoms with Crippen LogP contribution >= 0.6 is 0 Å². The van der Waals surface area contributed by atoms with Gasteiger partial charge in [0.15, 0.2) is 0 Å². The maximum absolute atomic E-state index is 10.7. The second-order valence-corrected chi connectivity index (χ2v) is 4.05. The van der Waals surface area contributed by atoms with Gasteiger partial charge in [-0.3, -0.25) is 4.79 Å². The maximum atomic E-state index is 10.7. The summed E-state index contributed by atoms with van der Waals surface area (Å²) in [6.45, 7) is 0. The largest absolute Gasteiger partial charge is 0.383 e. The molecule has 0 spiro atoms. The minimum atomic E-state index is -3.49. The van der Waals surface area contributed by atoms with Gasteiger partial charge in [-0.2, -0.15) is 8.42 Å². The molecule has 0 saturated carbocycles. The van der Waals surface area contributed by atoms with Crippen LogP contribution in [0.1, 0.15) is 10.4 Å². The van der Waals surface area contributed by atoms with Crippen LogP contribution in [0.15, 0.2) is 24.3 Å². The summed E-state index contributed by atoms with van der Waals surface area (Å²) < 4.78 is 25.9. The van der Waals surface area contributed by atoms with Crippen molar-refractivity contribution in [2.45, 2.75) is 0 Å². The molecule has 5 heteroatoms. The monoisotopic (exact) mass is 200 g/mol. The molecule has 70 valence electrons. The number of rotatable bonds is 3. The van der Waals surface area contributed by atoms with E-state index in [1.165, 1.54) is 24.3 Å². The molecule has 1 aromatic carbocycles. The summed E-state index contributed by atoms with van der Waals surface area (Å²) in [5.41, 5.74) is 0.473. The van der Waals surface area contributed by atoms with Crippen LogP contribution in [-0.4, -0.2) is 21.0 Å². The van der Waals surface area contributed by atoms with Gasteiger partial charge in [0.05, 0.1) is 6.26 Å². The zero-order valence-corrected chi connectivity index (χ0v) is 7.74. The molecular formula is C8H8O4S. The molecule has 1 aromatic rings. The summed E-state index contributed by atoms with van der Waals surface area (Å²) in [7, 11) is -3.49. The Morgan fingerprint density at radius 3 is 2.15 bits per heavy atom. The summed E-state index contributed by atoms with van der Waals surface area (Å²) in [4.78, 5) is 10.2. The molecule has 0 heterocycles. The standard InChI is InChI=1S/C8H8O4S/c1-13(10,11)12-8-4-2-7(6-9)3-5-8/h2-6H,1H3. The highest BCUT2D eigenvalue weighted by Crippen LogP contribution is 2.12. The van der Waals surface area contributed by atoms with Crippen LogP contribution in [-0.2, 0) is 10.1 Å². The Hall–Kier alpha value is -1.36. The van der Waals surface area contributed by atoms with Gasteiger partial charge in [-0.05, 0) is 24.3 Å². The first-order chi connectivity index (χ1) is 6.01. The fraction of sp³-hybridized carbons (Fsp3) is 0.125. The van der Waals surface area contributed by atoms with E-state index in [0.717, 1.165) is 6.26 Å². The molecule has 0 radical (unpaired) electrons. The quantitative estimate of drug-likeness (QED) is 0.535. The number of hydrogen-bond donors (Lipinski definition) is 0. The number of benzene rings is 1. The number of hydrogen-bond acceptors (Lipinski definition) is 4. The Bertz CT molecular complexity index is 391. The third kappa shape index (κ3) is 3.25. The van der Waals surface area contributed by atoms with E-state index >= 15 is 0 Å². The zero-order valence-electron chi connectivity index (χ0n) is 6.93. The molecule has 0 aliphatic heterocycles. The average molecular weight is 200 g/mol. The van der Waals surface area contributed by atoms with Crippen molar-refractivity contribution in [2.75, 3.05) is 6.26 Å². The highest BCUT2D eigenvalue weighted by Gasteiger charge is 2.02. The van der Waals surface area contributed by atoms with Crippen molar-refractivity contribution in [1.82, 2.24) is 0 Å². The van der Waals surface area contributed by atoms with Gasteiger partial charge in [0.2, 0.25) is 0 Å². The molecule has 0 aliphatic rings. The number of carbonyl (C=O) groups is 1. The maximum Gasteiger partial charge on any atom is 0.306 e. The molecule has 0 amide bonds. The van der Waals surface area contributed by atoms with Crippen LogP contribution < -0.4 is 4.18 Å². The lowest BCUT2D eigenvalue weighted by atomic mass is 10.2. The zero-order chi connectivity index (χ0) is 9.90. The van der Waals surface area contributed by atoms with Crippen molar-refractivity contribution in [3.8, 4) is 5.75 Å². The Morgan fingerprint density at radius 1 is 1.23 bits per heavy atom. The Labute approximate surface area is 76.3 Å². The van der Waals surface area contributed by atoms with E-state index in [1.807, 2.05) is 0 Å². The first-order valence-corrected chi connectivity index (χ1v) is 5.27. The minimum Gasteiger partial charge on any atom is -0.383 e. The number of aldehydes is 1. The molecule has 0 N–H and O–H groups in total. The molecule has 13 heavy (non-hydrogen) atoms. The fourth-order valence-corrected chi connectivity index (χ4v) is 1.24. The minimum absolute atomic E-state index is 0.202. The predicted octanol–water partition coefficient (Wildman–Crippen LogP) is 0.838. The summed E-state index contributed by atoms with van der Waals surface area (Å²) in [6.07, 6.45) is 1.63. The van der Waals surface area contributed by atoms with Crippen molar-refractivity contribution in [2.24, 2.45) is 0 Å². The van der Waals surface area contributed by atoms with Crippen LogP contribution in [0.2, 0.25) is 0 Å². The van der Waals surface area contributed by atoms with Gasteiger partial charge in [-0.1, -0.05) is 0 Å². The van der Waals surface area contributed by atoms with Crippen LogP contribution in [0.25, 0.3) is 0 Å². The van der Waals surface area contributed by atoms with Crippen LogP contribution in [0.4, 0.5) is 0 Å². The predicted molar refractivity (Wildman–Crippen MR) is 47.3 cm³/mol. The van der Waals surface area contributed by atoms with E-state index in [1.54, 1.807) is 0 Å². The second kappa shape index (κ2) is 3.57. The van der Waals surface area contributed by atoms with Crippen LogP contribution in [0.5, 0.6) is 5.75 Å². The fourth-order valence-electron chi connectivity index (χ4n) is 0.777. The van der Waals surface area contributed by atoms with Gasteiger partial charge in [0, 0.05) is 5.56 Å². The topological polar surface area (TPSA) is 60.4 Å². The van der Waals surface area contributed by atoms with Gasteiger partial charge < -0.3 is 4.18 Å². The molecule has 1 rings (SSSR count). The van der Waals surface area contributed by atoms with Gasteiger partial charge >= 0.3 is 10.1 Å². The molecule has 0 aliphatic carbocycles. The summed E-state index contributed by atoms with van der Waals surface area (Å²) in [6, 6.07) is 5.80. The van der Waals surface area contributed by atoms with E-state index < -0.39 is 10.1 Å². The normalized spacial score (nSPS) is 10.8. The molecule has 0 bridgehead atoms. The smallest absolute Gasteiger partial charge is 0.306 e. The lowest BCUT2D eigenvalue weighted by molar-refractivity contribution is 0.112. The molecule has 0 aromatic heterocycles. The summed E-state index contributed by atoms with van der Waals surface area (Å²) in [5.74, 6) is 0.202. The lowest BCUT2D eigenvalue weighted by Gasteiger charge is -2.01. The Kier molecular flexibility index (Phi) is 2.67. The summed E-state index contributed by atoms with van der Waals surface area (Å²) in [5, 5.41) is 0. The van der Waals surface area contributed by atoms with Crippen LogP contribution in [0.3, 0.4) is 0 Å². The van der Waals surface area contributed by atoms with Gasteiger partial charge in [-0.15, -0.1) is 0 Å². The van der Waals surface area contributed by atoms with E-state index in [4.69, 9.17) is 0 Å². The SMILES string of the molecule is CS(=O)(=O)Oc1ccc(C=O)cc1. The molecule has 0 unspecified atom stereocenters. The van der Waals surface area contributed by atoms with Gasteiger partial charge in [0.1, 0.15) is 12.0 Å². The molecular weight excluding hydrogens is 192 g/mol. The van der Waals surface area contributed by atoms with Crippen molar-refractivity contribution < 1.29 is 17.4 Å². The lowest BCUT2D eigenvalue weighted by Crippen LogP contribution is -2.05. The first-order valence-electron chi connectivity index (χ1n) is 3.46. The van der Waals surface area contributed by atoms with Gasteiger partial charge in [-0.25, -0.2) is 0 Å². The van der Waals surface area contributed by atoms with Crippen molar-refractivity contribution >= 4 is 16.4 Å². The molecule has 0 atom stereocenters. The third-order valence-corrected chi connectivity index (χ3v) is 1.76. The van der Waals surface area contributed by atoms with Gasteiger partial charge in [0.25, 0.3) is 0 Å². The highest BCUT2D eigenvalue weighted by molar-refractivity contribution is 7.86.